The van der Waals surface area contributed by atoms with E-state index in [4.69, 9.17) is 9.15 Å². The summed E-state index contributed by atoms with van der Waals surface area (Å²) in [6.07, 6.45) is 1.57. The second kappa shape index (κ2) is 9.44. The van der Waals surface area contributed by atoms with Crippen molar-refractivity contribution in [2.75, 3.05) is 6.61 Å². The molecule has 0 saturated carbocycles. The van der Waals surface area contributed by atoms with Crippen LogP contribution in [-0.4, -0.2) is 28.6 Å². The van der Waals surface area contributed by atoms with Gasteiger partial charge in [-0.1, -0.05) is 30.0 Å². The van der Waals surface area contributed by atoms with Gasteiger partial charge >= 0.3 is 5.97 Å². The van der Waals surface area contributed by atoms with Crippen molar-refractivity contribution in [3.8, 4) is 0 Å². The molecule has 0 bridgehead atoms. The van der Waals surface area contributed by atoms with Gasteiger partial charge in [-0.2, -0.15) is 0 Å². The Labute approximate surface area is 189 Å². The maximum absolute atomic E-state index is 14.9. The van der Waals surface area contributed by atoms with Crippen molar-refractivity contribution < 1.29 is 23.1 Å². The second-order valence-corrected chi connectivity index (χ2v) is 8.00. The highest BCUT2D eigenvalue weighted by molar-refractivity contribution is 8.16. The Morgan fingerprint density at radius 3 is 2.81 bits per heavy atom. The number of fused-ring (bicyclic) bond motifs is 1. The SMILES string of the molecule is CCOC(=O)C1=C(C)N=C2SC=C(CC(=O)NCc3ccco3)N2[C@H]1c1ccccc1F. The number of amides is 1. The lowest BCUT2D eigenvalue weighted by atomic mass is 9.93. The summed E-state index contributed by atoms with van der Waals surface area (Å²) < 4.78 is 25.4. The normalized spacial score (nSPS) is 17.6. The number of ether oxygens (including phenoxy) is 1. The van der Waals surface area contributed by atoms with Gasteiger partial charge in [0.2, 0.25) is 5.91 Å². The molecule has 1 aromatic carbocycles. The average Bonchev–Trinajstić information content (AvgIpc) is 3.42. The zero-order chi connectivity index (χ0) is 22.7. The Hall–Kier alpha value is -3.33. The minimum Gasteiger partial charge on any atom is -0.467 e. The summed E-state index contributed by atoms with van der Waals surface area (Å²) in [5, 5.41) is 5.20. The summed E-state index contributed by atoms with van der Waals surface area (Å²) in [5.74, 6) is -0.599. The number of allylic oxidation sites excluding steroid dienone is 1. The molecular weight excluding hydrogens is 433 g/mol. The molecule has 0 aliphatic carbocycles. The molecule has 0 spiro atoms. The summed E-state index contributed by atoms with van der Waals surface area (Å²) in [6.45, 7) is 3.86. The molecule has 2 aliphatic heterocycles. The van der Waals surface area contributed by atoms with Gasteiger partial charge in [-0.3, -0.25) is 4.79 Å². The first-order chi connectivity index (χ1) is 15.5. The van der Waals surface area contributed by atoms with Gasteiger partial charge in [-0.25, -0.2) is 14.2 Å². The monoisotopic (exact) mass is 455 g/mol. The molecule has 0 unspecified atom stereocenters. The van der Waals surface area contributed by atoms with E-state index in [-0.39, 0.29) is 31.1 Å². The van der Waals surface area contributed by atoms with Gasteiger partial charge < -0.3 is 19.4 Å². The smallest absolute Gasteiger partial charge is 0.338 e. The molecule has 0 saturated heterocycles. The molecule has 0 radical (unpaired) electrons. The first-order valence-electron chi connectivity index (χ1n) is 10.1. The Bertz CT molecular complexity index is 1120. The third-order valence-corrected chi connectivity index (χ3v) is 5.97. The largest absolute Gasteiger partial charge is 0.467 e. The van der Waals surface area contributed by atoms with Crippen LogP contribution in [0.25, 0.3) is 0 Å². The number of rotatable bonds is 7. The maximum Gasteiger partial charge on any atom is 0.338 e. The van der Waals surface area contributed by atoms with E-state index in [2.05, 4.69) is 10.3 Å². The van der Waals surface area contributed by atoms with Crippen LogP contribution in [0.15, 0.2) is 74.4 Å². The molecule has 2 aliphatic rings. The van der Waals surface area contributed by atoms with Gasteiger partial charge in [0.15, 0.2) is 5.17 Å². The second-order valence-electron chi connectivity index (χ2n) is 7.17. The van der Waals surface area contributed by atoms with Crippen LogP contribution in [0.3, 0.4) is 0 Å². The van der Waals surface area contributed by atoms with Gasteiger partial charge in [0.05, 0.1) is 43.1 Å². The van der Waals surface area contributed by atoms with Gasteiger partial charge in [-0.05, 0) is 37.5 Å². The summed E-state index contributed by atoms with van der Waals surface area (Å²) in [7, 11) is 0. The summed E-state index contributed by atoms with van der Waals surface area (Å²) >= 11 is 1.33. The zero-order valence-corrected chi connectivity index (χ0v) is 18.4. The van der Waals surface area contributed by atoms with E-state index in [1.54, 1.807) is 60.8 Å². The van der Waals surface area contributed by atoms with Crippen LogP contribution in [-0.2, 0) is 20.9 Å². The van der Waals surface area contributed by atoms with Crippen LogP contribution in [0.2, 0.25) is 0 Å². The Morgan fingerprint density at radius 2 is 2.09 bits per heavy atom. The third kappa shape index (κ3) is 4.34. The molecule has 1 amide bonds. The van der Waals surface area contributed by atoms with Gasteiger partial charge in [0, 0.05) is 11.3 Å². The van der Waals surface area contributed by atoms with Crippen LogP contribution >= 0.6 is 11.8 Å². The minimum atomic E-state index is -0.790. The van der Waals surface area contributed by atoms with Crippen molar-refractivity contribution in [1.29, 1.82) is 0 Å². The number of thioether (sulfide) groups is 1. The number of hydrogen-bond donors (Lipinski definition) is 1. The zero-order valence-electron chi connectivity index (χ0n) is 17.6. The Balaban J connectivity index is 1.64. The lowest BCUT2D eigenvalue weighted by molar-refractivity contribution is -0.139. The van der Waals surface area contributed by atoms with Crippen molar-refractivity contribution in [3.05, 3.63) is 82.2 Å². The Morgan fingerprint density at radius 1 is 1.28 bits per heavy atom. The number of carbonyl (C=O) groups excluding carboxylic acids is 2. The highest BCUT2D eigenvalue weighted by Gasteiger charge is 2.42. The lowest BCUT2D eigenvalue weighted by Crippen LogP contribution is -2.38. The predicted molar refractivity (Wildman–Crippen MR) is 119 cm³/mol. The minimum absolute atomic E-state index is 0.0346. The van der Waals surface area contributed by atoms with Crippen LogP contribution in [0, 0.1) is 5.82 Å². The number of benzene rings is 1. The van der Waals surface area contributed by atoms with E-state index in [0.717, 1.165) is 0 Å². The van der Waals surface area contributed by atoms with E-state index in [1.165, 1.54) is 17.8 Å². The number of carbonyl (C=O) groups is 2. The predicted octanol–water partition coefficient (Wildman–Crippen LogP) is 4.26. The molecule has 1 N–H and O–H groups in total. The van der Waals surface area contributed by atoms with Crippen LogP contribution in [0.4, 0.5) is 4.39 Å². The molecule has 2 aromatic rings. The van der Waals surface area contributed by atoms with Crippen molar-refractivity contribution in [3.63, 3.8) is 0 Å². The van der Waals surface area contributed by atoms with E-state index < -0.39 is 17.8 Å². The highest BCUT2D eigenvalue weighted by Crippen LogP contribution is 2.45. The van der Waals surface area contributed by atoms with Crippen LogP contribution in [0.1, 0.15) is 37.6 Å². The number of aliphatic imine (C=N–C) groups is 1. The van der Waals surface area contributed by atoms with E-state index >= 15 is 0 Å². The first kappa shape index (κ1) is 21.9. The molecule has 32 heavy (non-hydrogen) atoms. The van der Waals surface area contributed by atoms with E-state index in [1.807, 2.05) is 0 Å². The average molecular weight is 456 g/mol. The van der Waals surface area contributed by atoms with Crippen LogP contribution in [0.5, 0.6) is 0 Å². The lowest BCUT2D eigenvalue weighted by Gasteiger charge is -2.36. The molecule has 9 heteroatoms. The number of nitrogens with one attached hydrogen (secondary N) is 1. The molecule has 1 atom stereocenters. The summed E-state index contributed by atoms with van der Waals surface area (Å²) in [4.78, 5) is 31.7. The number of esters is 1. The summed E-state index contributed by atoms with van der Waals surface area (Å²) in [5.41, 5.74) is 1.65. The standard InChI is InChI=1S/C23H22FN3O4S/c1-3-30-22(29)20-14(2)26-23-27(21(20)17-8-4-5-9-18(17)24)15(13-32-23)11-19(28)25-12-16-7-6-10-31-16/h4-10,13,21H,3,11-12H2,1-2H3,(H,25,28)/t21-/m0/s1. The van der Waals surface area contributed by atoms with Crippen molar-refractivity contribution in [2.45, 2.75) is 32.9 Å². The van der Waals surface area contributed by atoms with Gasteiger partial charge in [0.1, 0.15) is 11.6 Å². The fourth-order valence-electron chi connectivity index (χ4n) is 3.66. The molecule has 0 fully saturated rings. The number of furan rings is 1. The van der Waals surface area contributed by atoms with Crippen molar-refractivity contribution in [2.24, 2.45) is 4.99 Å². The number of amidine groups is 1. The Kier molecular flexibility index (Phi) is 6.45. The van der Waals surface area contributed by atoms with Gasteiger partial charge in [-0.15, -0.1) is 0 Å². The molecule has 7 nitrogen and oxygen atoms in total. The number of nitrogens with zero attached hydrogens (tertiary/aromatic N) is 2. The molecular formula is C23H22FN3O4S. The quantitative estimate of drug-likeness (QED) is 0.628. The number of hydrogen-bond acceptors (Lipinski definition) is 7. The fourth-order valence-corrected chi connectivity index (χ4v) is 4.62. The fraction of sp³-hybridized carbons (Fsp3) is 0.261. The molecule has 166 valence electrons. The van der Waals surface area contributed by atoms with Crippen molar-refractivity contribution >= 4 is 28.8 Å². The number of halogens is 1. The molecule has 4 rings (SSSR count). The highest BCUT2D eigenvalue weighted by atomic mass is 32.2. The molecule has 3 heterocycles. The third-order valence-electron chi connectivity index (χ3n) is 5.08. The summed E-state index contributed by atoms with van der Waals surface area (Å²) in [6, 6.07) is 9.02. The van der Waals surface area contributed by atoms with Crippen molar-refractivity contribution in [1.82, 2.24) is 10.2 Å². The molecule has 1 aromatic heterocycles. The topological polar surface area (TPSA) is 84.1 Å². The van der Waals surface area contributed by atoms with E-state index in [0.29, 0.717) is 27.9 Å². The first-order valence-corrected chi connectivity index (χ1v) is 11.0. The van der Waals surface area contributed by atoms with E-state index in [9.17, 15) is 14.0 Å². The van der Waals surface area contributed by atoms with Gasteiger partial charge in [0.25, 0.3) is 0 Å². The maximum atomic E-state index is 14.9. The van der Waals surface area contributed by atoms with Crippen LogP contribution < -0.4 is 5.32 Å².